The molecule has 0 saturated carbocycles. The van der Waals surface area contributed by atoms with Crippen LogP contribution in [0.25, 0.3) is 10.9 Å². The summed E-state index contributed by atoms with van der Waals surface area (Å²) in [4.78, 5) is 15.8. The highest BCUT2D eigenvalue weighted by Crippen LogP contribution is 2.28. The molecule has 1 heterocycles. The zero-order valence-corrected chi connectivity index (χ0v) is 16.0. The number of rotatable bonds is 7. The summed E-state index contributed by atoms with van der Waals surface area (Å²) in [5.41, 5.74) is 3.91. The van der Waals surface area contributed by atoms with Crippen molar-refractivity contribution in [2.24, 2.45) is 0 Å². The predicted octanol–water partition coefficient (Wildman–Crippen LogP) is 3.36. The van der Waals surface area contributed by atoms with E-state index in [1.54, 1.807) is 21.3 Å². The molecular weight excluding hydrogens is 344 g/mol. The quantitative estimate of drug-likeness (QED) is 0.671. The number of aromatic amines is 1. The van der Waals surface area contributed by atoms with Gasteiger partial charge in [-0.05, 0) is 48.4 Å². The number of benzene rings is 2. The van der Waals surface area contributed by atoms with Crippen molar-refractivity contribution in [1.82, 2.24) is 10.3 Å². The van der Waals surface area contributed by atoms with Crippen molar-refractivity contribution in [3.63, 3.8) is 0 Å². The van der Waals surface area contributed by atoms with Crippen molar-refractivity contribution in [1.29, 1.82) is 0 Å². The number of methoxy groups -OCH3 is 3. The van der Waals surface area contributed by atoms with Gasteiger partial charge in [-0.25, -0.2) is 0 Å². The Morgan fingerprint density at radius 1 is 1.00 bits per heavy atom. The molecule has 0 fully saturated rings. The van der Waals surface area contributed by atoms with E-state index in [1.807, 2.05) is 43.3 Å². The van der Waals surface area contributed by atoms with Crippen LogP contribution in [-0.4, -0.2) is 32.2 Å². The molecule has 0 unspecified atom stereocenters. The van der Waals surface area contributed by atoms with E-state index < -0.39 is 0 Å². The standard InChI is InChI=1S/C21H24N2O4/c1-13-16(17-10-15(25-2)6-7-18(17)23-13)11-21(24)22-12-14-5-8-19(26-3)20(9-14)27-4/h5-10,23H,11-12H2,1-4H3,(H,22,24). The summed E-state index contributed by atoms with van der Waals surface area (Å²) in [7, 11) is 4.82. The minimum absolute atomic E-state index is 0.0448. The van der Waals surface area contributed by atoms with Crippen LogP contribution in [0.5, 0.6) is 17.2 Å². The molecule has 2 N–H and O–H groups in total. The molecule has 3 aromatic rings. The highest BCUT2D eigenvalue weighted by atomic mass is 16.5. The van der Waals surface area contributed by atoms with Crippen LogP contribution in [0.4, 0.5) is 0 Å². The molecule has 0 bridgehead atoms. The Bertz CT molecular complexity index is 962. The Labute approximate surface area is 158 Å². The van der Waals surface area contributed by atoms with Gasteiger partial charge in [-0.1, -0.05) is 6.07 Å². The molecule has 3 rings (SSSR count). The summed E-state index contributed by atoms with van der Waals surface area (Å²) in [5.74, 6) is 2.03. The molecule has 0 aliphatic heterocycles. The van der Waals surface area contributed by atoms with Gasteiger partial charge in [0.15, 0.2) is 11.5 Å². The Morgan fingerprint density at radius 3 is 2.48 bits per heavy atom. The SMILES string of the molecule is COc1ccc2[nH]c(C)c(CC(=O)NCc3ccc(OC)c(OC)c3)c2c1. The second kappa shape index (κ2) is 8.03. The number of aryl methyl sites for hydroxylation is 1. The second-order valence-corrected chi connectivity index (χ2v) is 6.28. The summed E-state index contributed by atoms with van der Waals surface area (Å²) in [6.45, 7) is 2.40. The number of nitrogens with one attached hydrogen (secondary N) is 2. The van der Waals surface area contributed by atoms with Crippen LogP contribution in [0, 0.1) is 6.92 Å². The van der Waals surface area contributed by atoms with Crippen molar-refractivity contribution < 1.29 is 19.0 Å². The van der Waals surface area contributed by atoms with E-state index >= 15 is 0 Å². The lowest BCUT2D eigenvalue weighted by Gasteiger charge is -2.10. The van der Waals surface area contributed by atoms with Crippen molar-refractivity contribution in [3.8, 4) is 17.2 Å². The average molecular weight is 368 g/mol. The molecule has 0 spiro atoms. The van der Waals surface area contributed by atoms with Gasteiger partial charge in [-0.2, -0.15) is 0 Å². The van der Waals surface area contributed by atoms with E-state index in [4.69, 9.17) is 14.2 Å². The molecular formula is C21H24N2O4. The molecule has 27 heavy (non-hydrogen) atoms. The first kappa shape index (κ1) is 18.6. The number of ether oxygens (including phenoxy) is 3. The number of hydrogen-bond acceptors (Lipinski definition) is 4. The average Bonchev–Trinajstić information content (AvgIpc) is 3.00. The Hall–Kier alpha value is -3.15. The Morgan fingerprint density at radius 2 is 1.78 bits per heavy atom. The van der Waals surface area contributed by atoms with Gasteiger partial charge in [-0.15, -0.1) is 0 Å². The molecule has 0 radical (unpaired) electrons. The fourth-order valence-electron chi connectivity index (χ4n) is 3.13. The Balaban J connectivity index is 1.71. The van der Waals surface area contributed by atoms with E-state index in [0.29, 0.717) is 24.5 Å². The molecule has 6 nitrogen and oxygen atoms in total. The minimum Gasteiger partial charge on any atom is -0.497 e. The molecule has 0 saturated heterocycles. The van der Waals surface area contributed by atoms with Crippen LogP contribution >= 0.6 is 0 Å². The first-order valence-corrected chi connectivity index (χ1v) is 8.68. The maximum Gasteiger partial charge on any atom is 0.224 e. The number of aromatic nitrogens is 1. The fourth-order valence-corrected chi connectivity index (χ4v) is 3.13. The summed E-state index contributed by atoms with van der Waals surface area (Å²) in [6, 6.07) is 11.4. The lowest BCUT2D eigenvalue weighted by Crippen LogP contribution is -2.24. The number of H-pyrrole nitrogens is 1. The third kappa shape index (κ3) is 4.00. The number of carbonyl (C=O) groups excluding carboxylic acids is 1. The predicted molar refractivity (Wildman–Crippen MR) is 105 cm³/mol. The van der Waals surface area contributed by atoms with Gasteiger partial charge in [0, 0.05) is 23.1 Å². The van der Waals surface area contributed by atoms with Crippen LogP contribution in [-0.2, 0) is 17.8 Å². The summed E-state index contributed by atoms with van der Waals surface area (Å²) in [6.07, 6.45) is 0.298. The van der Waals surface area contributed by atoms with Gasteiger partial charge in [-0.3, -0.25) is 4.79 Å². The molecule has 1 aromatic heterocycles. The largest absolute Gasteiger partial charge is 0.497 e. The van der Waals surface area contributed by atoms with Crippen LogP contribution in [0.15, 0.2) is 36.4 Å². The number of amides is 1. The van der Waals surface area contributed by atoms with Crippen molar-refractivity contribution in [2.45, 2.75) is 19.9 Å². The molecule has 6 heteroatoms. The second-order valence-electron chi connectivity index (χ2n) is 6.28. The fraction of sp³-hybridized carbons (Fsp3) is 0.286. The highest BCUT2D eigenvalue weighted by Gasteiger charge is 2.13. The van der Waals surface area contributed by atoms with Gasteiger partial charge in [0.2, 0.25) is 5.91 Å². The molecule has 0 aliphatic rings. The number of hydrogen-bond donors (Lipinski definition) is 2. The van der Waals surface area contributed by atoms with Crippen molar-refractivity contribution in [3.05, 3.63) is 53.2 Å². The Kier molecular flexibility index (Phi) is 5.54. The zero-order chi connectivity index (χ0) is 19.4. The van der Waals surface area contributed by atoms with Crippen molar-refractivity contribution >= 4 is 16.8 Å². The molecule has 0 atom stereocenters. The molecule has 0 aliphatic carbocycles. The monoisotopic (exact) mass is 368 g/mol. The van der Waals surface area contributed by atoms with E-state index in [9.17, 15) is 4.79 Å². The van der Waals surface area contributed by atoms with Gasteiger partial charge in [0.25, 0.3) is 0 Å². The third-order valence-electron chi connectivity index (χ3n) is 4.60. The van der Waals surface area contributed by atoms with Crippen molar-refractivity contribution in [2.75, 3.05) is 21.3 Å². The van der Waals surface area contributed by atoms with E-state index in [2.05, 4.69) is 10.3 Å². The first-order chi connectivity index (χ1) is 13.0. The minimum atomic E-state index is -0.0448. The summed E-state index contributed by atoms with van der Waals surface area (Å²) in [5, 5.41) is 3.97. The maximum atomic E-state index is 12.5. The third-order valence-corrected chi connectivity index (χ3v) is 4.60. The topological polar surface area (TPSA) is 72.6 Å². The lowest BCUT2D eigenvalue weighted by molar-refractivity contribution is -0.120. The molecule has 1 amide bonds. The molecule has 2 aromatic carbocycles. The summed E-state index contributed by atoms with van der Waals surface area (Å²) >= 11 is 0. The maximum absolute atomic E-state index is 12.5. The van der Waals surface area contributed by atoms with E-state index in [0.717, 1.165) is 33.5 Å². The molecule has 142 valence electrons. The van der Waals surface area contributed by atoms with Crippen LogP contribution < -0.4 is 19.5 Å². The number of fused-ring (bicyclic) bond motifs is 1. The first-order valence-electron chi connectivity index (χ1n) is 8.68. The van der Waals surface area contributed by atoms with E-state index in [1.165, 1.54) is 0 Å². The van der Waals surface area contributed by atoms with E-state index in [-0.39, 0.29) is 5.91 Å². The van der Waals surface area contributed by atoms with Gasteiger partial charge in [0.05, 0.1) is 27.8 Å². The van der Waals surface area contributed by atoms with Gasteiger partial charge < -0.3 is 24.5 Å². The summed E-state index contributed by atoms with van der Waals surface area (Å²) < 4.78 is 15.8. The zero-order valence-electron chi connectivity index (χ0n) is 16.0. The van der Waals surface area contributed by atoms with Gasteiger partial charge in [0.1, 0.15) is 5.75 Å². The number of carbonyl (C=O) groups is 1. The highest BCUT2D eigenvalue weighted by molar-refractivity contribution is 5.91. The van der Waals surface area contributed by atoms with Crippen LogP contribution in [0.2, 0.25) is 0 Å². The normalized spacial score (nSPS) is 10.7. The van der Waals surface area contributed by atoms with Crippen LogP contribution in [0.3, 0.4) is 0 Å². The van der Waals surface area contributed by atoms with Crippen LogP contribution in [0.1, 0.15) is 16.8 Å². The van der Waals surface area contributed by atoms with Gasteiger partial charge >= 0.3 is 0 Å². The lowest BCUT2D eigenvalue weighted by atomic mass is 10.1. The smallest absolute Gasteiger partial charge is 0.224 e.